The lowest BCUT2D eigenvalue weighted by molar-refractivity contribution is -0.385. The van der Waals surface area contributed by atoms with Gasteiger partial charge in [-0.05, 0) is 33.1 Å². The Morgan fingerprint density at radius 1 is 1.10 bits per heavy atom. The van der Waals surface area contributed by atoms with Gasteiger partial charge >= 0.3 is 0 Å². The molecule has 0 fully saturated rings. The van der Waals surface area contributed by atoms with E-state index in [4.69, 9.17) is 11.6 Å². The third-order valence-corrected chi connectivity index (χ3v) is 5.04. The van der Waals surface area contributed by atoms with Crippen LogP contribution >= 0.6 is 39.3 Å². The fourth-order valence-electron chi connectivity index (χ4n) is 1.71. The zero-order valence-corrected chi connectivity index (χ0v) is 13.5. The fourth-order valence-corrected chi connectivity index (χ4v) is 3.76. The van der Waals surface area contributed by atoms with Crippen LogP contribution in [-0.2, 0) is 11.5 Å². The minimum Gasteiger partial charge on any atom is -0.258 e. The summed E-state index contributed by atoms with van der Waals surface area (Å²) in [6.45, 7) is 0. The molecule has 0 unspecified atom stereocenters. The maximum absolute atomic E-state index is 10.9. The average molecular weight is 373 g/mol. The highest BCUT2D eigenvalue weighted by Gasteiger charge is 2.14. The molecular formula is C14H11BrClNO2S. The van der Waals surface area contributed by atoms with Gasteiger partial charge in [0.25, 0.3) is 5.69 Å². The van der Waals surface area contributed by atoms with Gasteiger partial charge in [-0.15, -0.1) is 0 Å². The second-order valence-electron chi connectivity index (χ2n) is 4.09. The molecule has 0 bridgehead atoms. The van der Waals surface area contributed by atoms with Crippen LogP contribution < -0.4 is 0 Å². The topological polar surface area (TPSA) is 43.1 Å². The molecule has 104 valence electrons. The van der Waals surface area contributed by atoms with Crippen molar-refractivity contribution in [2.24, 2.45) is 0 Å². The Labute approximate surface area is 134 Å². The highest BCUT2D eigenvalue weighted by atomic mass is 79.9. The van der Waals surface area contributed by atoms with Crippen LogP contribution in [0, 0.1) is 10.1 Å². The highest BCUT2D eigenvalue weighted by Crippen LogP contribution is 2.32. The molecule has 2 aromatic rings. The zero-order valence-electron chi connectivity index (χ0n) is 10.4. The van der Waals surface area contributed by atoms with Crippen molar-refractivity contribution in [3.05, 3.63) is 73.2 Å². The van der Waals surface area contributed by atoms with Crippen molar-refractivity contribution >= 4 is 45.0 Å². The molecule has 0 aliphatic carbocycles. The normalized spacial score (nSPS) is 10.5. The predicted molar refractivity (Wildman–Crippen MR) is 87.2 cm³/mol. The highest BCUT2D eigenvalue weighted by molar-refractivity contribution is 9.10. The Kier molecular flexibility index (Phi) is 5.46. The van der Waals surface area contributed by atoms with E-state index in [9.17, 15) is 10.1 Å². The standard InChI is InChI=1S/C14H11BrClNO2S/c15-14-11(5-3-7-13(14)17(18)19)9-20-8-10-4-1-2-6-12(10)16/h1-7H,8-9H2. The average Bonchev–Trinajstić information content (AvgIpc) is 2.42. The third-order valence-electron chi connectivity index (χ3n) is 2.73. The van der Waals surface area contributed by atoms with E-state index in [2.05, 4.69) is 15.9 Å². The molecule has 0 heterocycles. The number of hydrogen-bond acceptors (Lipinski definition) is 3. The summed E-state index contributed by atoms with van der Waals surface area (Å²) >= 11 is 11.1. The van der Waals surface area contributed by atoms with Gasteiger partial charge in [0.2, 0.25) is 0 Å². The summed E-state index contributed by atoms with van der Waals surface area (Å²) in [5.74, 6) is 1.46. The lowest BCUT2D eigenvalue weighted by atomic mass is 10.2. The van der Waals surface area contributed by atoms with E-state index in [1.807, 2.05) is 30.3 Å². The third kappa shape index (κ3) is 3.75. The number of hydrogen-bond donors (Lipinski definition) is 0. The van der Waals surface area contributed by atoms with Gasteiger partial charge in [0.05, 0.1) is 9.40 Å². The molecule has 0 radical (unpaired) electrons. The van der Waals surface area contributed by atoms with Crippen LogP contribution in [0.15, 0.2) is 46.9 Å². The monoisotopic (exact) mass is 371 g/mol. The van der Waals surface area contributed by atoms with Gasteiger partial charge in [-0.1, -0.05) is 41.9 Å². The van der Waals surface area contributed by atoms with Gasteiger partial charge in [-0.3, -0.25) is 10.1 Å². The number of nitro benzene ring substituents is 1. The van der Waals surface area contributed by atoms with Gasteiger partial charge < -0.3 is 0 Å². The second kappa shape index (κ2) is 7.11. The van der Waals surface area contributed by atoms with Crippen LogP contribution in [0.2, 0.25) is 5.02 Å². The molecule has 0 amide bonds. The molecular weight excluding hydrogens is 362 g/mol. The zero-order chi connectivity index (χ0) is 14.5. The summed E-state index contributed by atoms with van der Waals surface area (Å²) in [4.78, 5) is 10.5. The van der Waals surface area contributed by atoms with Crippen molar-refractivity contribution in [1.82, 2.24) is 0 Å². The number of thioether (sulfide) groups is 1. The molecule has 2 aromatic carbocycles. The predicted octanol–water partition coefficient (Wildman–Crippen LogP) is 5.44. The van der Waals surface area contributed by atoms with Crippen LogP contribution in [0.3, 0.4) is 0 Å². The Morgan fingerprint density at radius 2 is 1.75 bits per heavy atom. The lowest BCUT2D eigenvalue weighted by Crippen LogP contribution is -1.93. The first-order valence-corrected chi connectivity index (χ1v) is 8.15. The maximum Gasteiger partial charge on any atom is 0.283 e. The van der Waals surface area contributed by atoms with Crippen LogP contribution in [0.4, 0.5) is 5.69 Å². The van der Waals surface area contributed by atoms with Gasteiger partial charge in [0.15, 0.2) is 0 Å². The first-order valence-electron chi connectivity index (χ1n) is 5.82. The fraction of sp³-hybridized carbons (Fsp3) is 0.143. The van der Waals surface area contributed by atoms with Crippen molar-refractivity contribution in [1.29, 1.82) is 0 Å². The number of nitro groups is 1. The van der Waals surface area contributed by atoms with Gasteiger partial charge in [-0.25, -0.2) is 0 Å². The van der Waals surface area contributed by atoms with E-state index in [0.29, 0.717) is 10.2 Å². The van der Waals surface area contributed by atoms with Crippen LogP contribution in [0.5, 0.6) is 0 Å². The molecule has 20 heavy (non-hydrogen) atoms. The number of nitrogens with zero attached hydrogens (tertiary/aromatic N) is 1. The molecule has 0 aliphatic heterocycles. The summed E-state index contributed by atoms with van der Waals surface area (Å²) in [7, 11) is 0. The Balaban J connectivity index is 2.03. The summed E-state index contributed by atoms with van der Waals surface area (Å²) in [6.07, 6.45) is 0. The molecule has 0 aromatic heterocycles. The maximum atomic E-state index is 10.9. The summed E-state index contributed by atoms with van der Waals surface area (Å²) < 4.78 is 0.552. The van der Waals surface area contributed by atoms with Crippen molar-refractivity contribution < 1.29 is 4.92 Å². The van der Waals surface area contributed by atoms with Gasteiger partial charge in [-0.2, -0.15) is 11.8 Å². The summed E-state index contributed by atoms with van der Waals surface area (Å²) in [5, 5.41) is 11.6. The summed E-state index contributed by atoms with van der Waals surface area (Å²) in [6, 6.07) is 12.8. The Morgan fingerprint density at radius 3 is 2.45 bits per heavy atom. The van der Waals surface area contributed by atoms with Crippen LogP contribution in [-0.4, -0.2) is 4.92 Å². The SMILES string of the molecule is O=[N+]([O-])c1cccc(CSCc2ccccc2Cl)c1Br. The Hall–Kier alpha value is -1.04. The first kappa shape index (κ1) is 15.4. The number of rotatable bonds is 5. The van der Waals surface area contributed by atoms with E-state index < -0.39 is 0 Å². The van der Waals surface area contributed by atoms with Gasteiger partial charge in [0.1, 0.15) is 0 Å². The smallest absolute Gasteiger partial charge is 0.258 e. The van der Waals surface area contributed by atoms with Crippen LogP contribution in [0.1, 0.15) is 11.1 Å². The minimum atomic E-state index is -0.383. The molecule has 0 spiro atoms. The molecule has 2 rings (SSSR count). The molecule has 6 heteroatoms. The van der Waals surface area contributed by atoms with Crippen LogP contribution in [0.25, 0.3) is 0 Å². The molecule has 0 atom stereocenters. The van der Waals surface area contributed by atoms with Crippen molar-refractivity contribution in [2.45, 2.75) is 11.5 Å². The molecule has 3 nitrogen and oxygen atoms in total. The number of halogens is 2. The van der Waals surface area contributed by atoms with E-state index in [1.165, 1.54) is 6.07 Å². The number of benzene rings is 2. The minimum absolute atomic E-state index is 0.0980. The Bertz CT molecular complexity index is 636. The quantitative estimate of drug-likeness (QED) is 0.518. The van der Waals surface area contributed by atoms with Gasteiger partial charge in [0, 0.05) is 22.6 Å². The largest absolute Gasteiger partial charge is 0.283 e. The molecule has 0 N–H and O–H groups in total. The van der Waals surface area contributed by atoms with Crippen molar-refractivity contribution in [3.8, 4) is 0 Å². The molecule has 0 aliphatic rings. The van der Waals surface area contributed by atoms with Crippen molar-refractivity contribution in [2.75, 3.05) is 0 Å². The molecule has 0 saturated carbocycles. The van der Waals surface area contributed by atoms with Crippen molar-refractivity contribution in [3.63, 3.8) is 0 Å². The van der Waals surface area contributed by atoms with E-state index in [-0.39, 0.29) is 10.6 Å². The lowest BCUT2D eigenvalue weighted by Gasteiger charge is -2.06. The van der Waals surface area contributed by atoms with E-state index in [1.54, 1.807) is 17.8 Å². The molecule has 0 saturated heterocycles. The second-order valence-corrected chi connectivity index (χ2v) is 6.28. The first-order chi connectivity index (χ1) is 9.59. The summed E-state index contributed by atoms with van der Waals surface area (Å²) in [5.41, 5.74) is 2.08. The van der Waals surface area contributed by atoms with E-state index in [0.717, 1.165) is 21.9 Å². The van der Waals surface area contributed by atoms with E-state index >= 15 is 0 Å².